The number of anilines is 1. The molecular formula is C25H29F2N3O. The van der Waals surface area contributed by atoms with Crippen LogP contribution in [0.25, 0.3) is 5.52 Å². The van der Waals surface area contributed by atoms with Gasteiger partial charge in [0.1, 0.15) is 11.6 Å². The number of ketones is 1. The van der Waals surface area contributed by atoms with Crippen LogP contribution in [0.1, 0.15) is 74.3 Å². The summed E-state index contributed by atoms with van der Waals surface area (Å²) in [5.74, 6) is -0.763. The van der Waals surface area contributed by atoms with Gasteiger partial charge >= 0.3 is 0 Å². The highest BCUT2D eigenvalue weighted by Gasteiger charge is 2.29. The van der Waals surface area contributed by atoms with Crippen LogP contribution in [-0.4, -0.2) is 21.9 Å². The quantitative estimate of drug-likeness (QED) is 0.312. The molecule has 6 heteroatoms. The first-order chi connectivity index (χ1) is 15.0. The Bertz CT molecular complexity index is 1080. The molecule has 0 radical (unpaired) electrons. The number of rotatable bonds is 8. The van der Waals surface area contributed by atoms with Gasteiger partial charge in [0.05, 0.1) is 23.3 Å². The van der Waals surface area contributed by atoms with Crippen molar-refractivity contribution in [2.75, 3.05) is 11.4 Å². The van der Waals surface area contributed by atoms with Crippen LogP contribution in [0.5, 0.6) is 0 Å². The fraction of sp³-hybridized carbons (Fsp3) is 0.440. The van der Waals surface area contributed by atoms with E-state index in [-0.39, 0.29) is 23.6 Å². The molecule has 0 aliphatic carbocycles. The highest BCUT2D eigenvalue weighted by Crippen LogP contribution is 2.38. The highest BCUT2D eigenvalue weighted by atomic mass is 19.1. The average molecular weight is 426 g/mol. The molecule has 1 aromatic carbocycles. The van der Waals surface area contributed by atoms with Crippen molar-refractivity contribution >= 4 is 17.0 Å². The number of nitrogens with zero attached hydrogens (tertiary/aromatic N) is 3. The maximum atomic E-state index is 14.4. The van der Waals surface area contributed by atoms with E-state index in [1.165, 1.54) is 12.1 Å². The lowest BCUT2D eigenvalue weighted by atomic mass is 9.94. The third-order valence-corrected chi connectivity index (χ3v) is 6.36. The minimum atomic E-state index is -0.431. The second kappa shape index (κ2) is 9.16. The van der Waals surface area contributed by atoms with Crippen molar-refractivity contribution in [3.05, 3.63) is 65.5 Å². The van der Waals surface area contributed by atoms with Crippen molar-refractivity contribution in [3.8, 4) is 0 Å². The summed E-state index contributed by atoms with van der Waals surface area (Å²) in [4.78, 5) is 15.2. The molecule has 3 heterocycles. The number of carbonyl (C=O) groups excluding carboxylic acids is 1. The van der Waals surface area contributed by atoms with E-state index in [1.54, 1.807) is 10.7 Å². The molecule has 0 saturated carbocycles. The summed E-state index contributed by atoms with van der Waals surface area (Å²) in [6.45, 7) is 4.89. The maximum absolute atomic E-state index is 14.4. The zero-order valence-corrected chi connectivity index (χ0v) is 18.2. The van der Waals surface area contributed by atoms with Crippen LogP contribution in [0.15, 0.2) is 42.7 Å². The molecule has 4 rings (SSSR count). The van der Waals surface area contributed by atoms with Gasteiger partial charge in [0.2, 0.25) is 0 Å². The molecule has 0 spiro atoms. The van der Waals surface area contributed by atoms with E-state index < -0.39 is 5.82 Å². The predicted molar refractivity (Wildman–Crippen MR) is 119 cm³/mol. The summed E-state index contributed by atoms with van der Waals surface area (Å²) < 4.78 is 30.0. The molecule has 31 heavy (non-hydrogen) atoms. The second-order valence-electron chi connectivity index (χ2n) is 8.55. The Morgan fingerprint density at radius 1 is 1.23 bits per heavy atom. The summed E-state index contributed by atoms with van der Waals surface area (Å²) >= 11 is 0. The van der Waals surface area contributed by atoms with E-state index >= 15 is 0 Å². The van der Waals surface area contributed by atoms with Gasteiger partial charge in [-0.3, -0.25) is 4.79 Å². The van der Waals surface area contributed by atoms with E-state index in [4.69, 9.17) is 0 Å². The fourth-order valence-corrected chi connectivity index (χ4v) is 4.60. The number of carbonyl (C=O) groups is 1. The van der Waals surface area contributed by atoms with Crippen molar-refractivity contribution < 1.29 is 13.6 Å². The van der Waals surface area contributed by atoms with Gasteiger partial charge in [0, 0.05) is 29.9 Å². The largest absolute Gasteiger partial charge is 0.364 e. The molecule has 1 aliphatic heterocycles. The molecule has 2 unspecified atom stereocenters. The Balaban J connectivity index is 1.63. The first kappa shape index (κ1) is 21.5. The number of hydrogen-bond acceptors (Lipinski definition) is 3. The van der Waals surface area contributed by atoms with Gasteiger partial charge in [-0.1, -0.05) is 33.1 Å². The third kappa shape index (κ3) is 4.34. The van der Waals surface area contributed by atoms with E-state index in [0.29, 0.717) is 11.1 Å². The lowest BCUT2D eigenvalue weighted by molar-refractivity contribution is 0.0924. The van der Waals surface area contributed by atoms with Crippen LogP contribution in [-0.2, 0) is 0 Å². The molecule has 0 N–H and O–H groups in total. The van der Waals surface area contributed by atoms with Gasteiger partial charge in [-0.2, -0.15) is 5.10 Å². The first-order valence-electron chi connectivity index (χ1n) is 11.2. The monoisotopic (exact) mass is 425 g/mol. The van der Waals surface area contributed by atoms with Crippen LogP contribution in [0.3, 0.4) is 0 Å². The third-order valence-electron chi connectivity index (χ3n) is 6.36. The summed E-state index contributed by atoms with van der Waals surface area (Å²) in [6, 6.07) is 7.29. The number of pyridine rings is 1. The molecular weight excluding hydrogens is 396 g/mol. The minimum absolute atomic E-state index is 0.0517. The number of Topliss-reactive ketones (excluding diaryl/α,β-unsaturated/α-hetero) is 1. The molecule has 164 valence electrons. The molecule has 1 fully saturated rings. The molecule has 4 nitrogen and oxygen atoms in total. The number of hydrogen-bond donors (Lipinski definition) is 0. The van der Waals surface area contributed by atoms with Gasteiger partial charge in [0.25, 0.3) is 0 Å². The van der Waals surface area contributed by atoms with Crippen LogP contribution < -0.4 is 4.90 Å². The fourth-order valence-electron chi connectivity index (χ4n) is 4.60. The Labute approximate surface area is 181 Å². The van der Waals surface area contributed by atoms with Crippen LogP contribution >= 0.6 is 0 Å². The maximum Gasteiger partial charge on any atom is 0.169 e. The zero-order valence-electron chi connectivity index (χ0n) is 18.2. The van der Waals surface area contributed by atoms with E-state index in [2.05, 4.69) is 16.9 Å². The number of fused-ring (bicyclic) bond motifs is 1. The second-order valence-corrected chi connectivity index (χ2v) is 8.55. The van der Waals surface area contributed by atoms with Crippen molar-refractivity contribution in [2.24, 2.45) is 5.92 Å². The average Bonchev–Trinajstić information content (AvgIpc) is 3.41. The van der Waals surface area contributed by atoms with Crippen molar-refractivity contribution in [1.29, 1.82) is 0 Å². The minimum Gasteiger partial charge on any atom is -0.364 e. The van der Waals surface area contributed by atoms with Gasteiger partial charge < -0.3 is 4.90 Å². The Kier molecular flexibility index (Phi) is 6.35. The normalized spacial score (nSPS) is 17.4. The van der Waals surface area contributed by atoms with E-state index in [1.807, 2.05) is 25.3 Å². The lowest BCUT2D eigenvalue weighted by Crippen LogP contribution is -2.23. The molecule has 0 amide bonds. The van der Waals surface area contributed by atoms with Crippen LogP contribution in [0.2, 0.25) is 0 Å². The predicted octanol–water partition coefficient (Wildman–Crippen LogP) is 6.35. The van der Waals surface area contributed by atoms with E-state index in [9.17, 15) is 13.6 Å². The summed E-state index contributed by atoms with van der Waals surface area (Å²) in [5.41, 5.74) is 2.66. The van der Waals surface area contributed by atoms with Gasteiger partial charge in [-0.05, 0) is 49.6 Å². The van der Waals surface area contributed by atoms with Crippen LogP contribution in [0, 0.1) is 17.6 Å². The Morgan fingerprint density at radius 2 is 2.06 bits per heavy atom. The highest BCUT2D eigenvalue weighted by molar-refractivity contribution is 6.03. The Morgan fingerprint density at radius 3 is 2.87 bits per heavy atom. The molecule has 2 aromatic heterocycles. The summed E-state index contributed by atoms with van der Waals surface area (Å²) in [6.07, 6.45) is 9.30. The van der Waals surface area contributed by atoms with Gasteiger partial charge in [-0.15, -0.1) is 0 Å². The van der Waals surface area contributed by atoms with Crippen molar-refractivity contribution in [3.63, 3.8) is 0 Å². The molecule has 1 saturated heterocycles. The van der Waals surface area contributed by atoms with Gasteiger partial charge in [0.15, 0.2) is 5.78 Å². The topological polar surface area (TPSA) is 37.6 Å². The molecule has 0 bridgehead atoms. The smallest absolute Gasteiger partial charge is 0.169 e. The summed E-state index contributed by atoms with van der Waals surface area (Å²) in [7, 11) is 0. The number of aromatic nitrogens is 2. The Hall–Kier alpha value is -2.76. The lowest BCUT2D eigenvalue weighted by Gasteiger charge is -2.27. The SMILES string of the molecule is CCCCCC(C)C(=O)c1cnn2ccc(N3CCCC3c3cc(F)ccc3F)cc12. The molecule has 2 atom stereocenters. The zero-order chi connectivity index (χ0) is 22.0. The molecule has 1 aliphatic rings. The molecule has 3 aromatic rings. The first-order valence-corrected chi connectivity index (χ1v) is 11.2. The standard InChI is InChI=1S/C25H29F2N3O/c1-3-4-5-7-17(2)25(31)21-16-28-30-13-11-19(15-24(21)30)29-12-6-8-23(29)20-14-18(26)9-10-22(20)27/h9-11,13-17,23H,3-8,12H2,1-2H3. The van der Waals surface area contributed by atoms with E-state index in [0.717, 1.165) is 62.3 Å². The summed E-state index contributed by atoms with van der Waals surface area (Å²) in [5, 5.41) is 4.36. The van der Waals surface area contributed by atoms with Crippen molar-refractivity contribution in [2.45, 2.75) is 58.4 Å². The van der Waals surface area contributed by atoms with Crippen molar-refractivity contribution in [1.82, 2.24) is 9.61 Å². The number of halogens is 2. The van der Waals surface area contributed by atoms with Crippen LogP contribution in [0.4, 0.5) is 14.5 Å². The number of benzene rings is 1. The number of unbranched alkanes of at least 4 members (excludes halogenated alkanes) is 2. The van der Waals surface area contributed by atoms with Gasteiger partial charge in [-0.25, -0.2) is 13.3 Å².